The van der Waals surface area contributed by atoms with E-state index >= 15 is 0 Å². The Balaban J connectivity index is 1.54. The summed E-state index contributed by atoms with van der Waals surface area (Å²) in [5, 5.41) is 0. The molecule has 2 aromatic rings. The number of carbonyl (C=O) groups is 3. The van der Waals surface area contributed by atoms with Crippen LogP contribution in [0.1, 0.15) is 50.3 Å². The molecule has 1 aliphatic heterocycles. The first-order chi connectivity index (χ1) is 12.6. The summed E-state index contributed by atoms with van der Waals surface area (Å²) in [5.41, 5.74) is 1.63. The fraction of sp³-hybridized carbons (Fsp3) is 0.227. The van der Waals surface area contributed by atoms with Crippen molar-refractivity contribution in [3.8, 4) is 0 Å². The number of Topliss-reactive ketones (excluding diaryl/α,β-unsaturated/α-hetero) is 1. The number of rotatable bonds is 8. The van der Waals surface area contributed by atoms with Crippen molar-refractivity contribution in [1.82, 2.24) is 4.90 Å². The lowest BCUT2D eigenvalue weighted by Crippen LogP contribution is -2.31. The molecule has 0 fully saturated rings. The van der Waals surface area contributed by atoms with E-state index in [2.05, 4.69) is 6.58 Å². The van der Waals surface area contributed by atoms with Gasteiger partial charge in [-0.3, -0.25) is 19.3 Å². The van der Waals surface area contributed by atoms with E-state index < -0.39 is 0 Å². The Morgan fingerprint density at radius 3 is 2.12 bits per heavy atom. The molecule has 4 heteroatoms. The van der Waals surface area contributed by atoms with E-state index in [1.807, 2.05) is 18.2 Å². The fourth-order valence-electron chi connectivity index (χ4n) is 3.24. The van der Waals surface area contributed by atoms with Crippen LogP contribution in [0, 0.1) is 5.92 Å². The molecule has 2 aromatic carbocycles. The Morgan fingerprint density at radius 1 is 0.962 bits per heavy atom. The predicted octanol–water partition coefficient (Wildman–Crippen LogP) is 4.14. The Kier molecular flexibility index (Phi) is 5.42. The van der Waals surface area contributed by atoms with Crippen LogP contribution in [0.3, 0.4) is 0 Å². The molecular weight excluding hydrogens is 326 g/mol. The standard InChI is InChI=1S/C22H21NO3/c1-2-16(15-20(24)17-10-4-3-5-11-17)9-8-14-23-21(25)18-12-6-7-13-19(18)22(23)26/h2-7,10-13,16H,1,8-9,14-15H2. The van der Waals surface area contributed by atoms with Gasteiger partial charge in [0.2, 0.25) is 0 Å². The van der Waals surface area contributed by atoms with Crippen LogP contribution in [-0.2, 0) is 0 Å². The van der Waals surface area contributed by atoms with Crippen LogP contribution in [0.25, 0.3) is 0 Å². The topological polar surface area (TPSA) is 54.5 Å². The van der Waals surface area contributed by atoms with Crippen molar-refractivity contribution in [3.63, 3.8) is 0 Å². The highest BCUT2D eigenvalue weighted by Gasteiger charge is 2.34. The molecule has 26 heavy (non-hydrogen) atoms. The Bertz CT molecular complexity index is 806. The number of nitrogens with zero attached hydrogens (tertiary/aromatic N) is 1. The highest BCUT2D eigenvalue weighted by Crippen LogP contribution is 2.24. The number of imide groups is 1. The van der Waals surface area contributed by atoms with Crippen LogP contribution in [0.2, 0.25) is 0 Å². The molecule has 2 amide bonds. The number of carbonyl (C=O) groups excluding carboxylic acids is 3. The molecule has 0 bridgehead atoms. The maximum absolute atomic E-state index is 12.3. The Hall–Kier alpha value is -3.01. The number of benzene rings is 2. The van der Waals surface area contributed by atoms with Gasteiger partial charge in [0.15, 0.2) is 5.78 Å². The minimum absolute atomic E-state index is 0.0258. The summed E-state index contributed by atoms with van der Waals surface area (Å²) in [6, 6.07) is 16.1. The van der Waals surface area contributed by atoms with E-state index in [-0.39, 0.29) is 23.5 Å². The van der Waals surface area contributed by atoms with Gasteiger partial charge in [0, 0.05) is 18.5 Å². The molecule has 0 radical (unpaired) electrons. The third-order valence-corrected chi connectivity index (χ3v) is 4.71. The monoisotopic (exact) mass is 347 g/mol. The molecule has 1 aliphatic rings. The van der Waals surface area contributed by atoms with Gasteiger partial charge in [0.05, 0.1) is 11.1 Å². The lowest BCUT2D eigenvalue weighted by atomic mass is 9.94. The first kappa shape index (κ1) is 17.8. The van der Waals surface area contributed by atoms with Crippen LogP contribution >= 0.6 is 0 Å². The second-order valence-corrected chi connectivity index (χ2v) is 6.44. The molecule has 0 spiro atoms. The third-order valence-electron chi connectivity index (χ3n) is 4.71. The first-order valence-corrected chi connectivity index (χ1v) is 8.78. The maximum atomic E-state index is 12.3. The number of amides is 2. The zero-order valence-corrected chi connectivity index (χ0v) is 14.6. The molecule has 1 heterocycles. The molecule has 0 aliphatic carbocycles. The van der Waals surface area contributed by atoms with E-state index in [0.29, 0.717) is 42.5 Å². The first-order valence-electron chi connectivity index (χ1n) is 8.78. The van der Waals surface area contributed by atoms with Gasteiger partial charge < -0.3 is 0 Å². The number of hydrogen-bond acceptors (Lipinski definition) is 3. The van der Waals surface area contributed by atoms with Gasteiger partial charge in [-0.2, -0.15) is 0 Å². The van der Waals surface area contributed by atoms with Crippen molar-refractivity contribution in [2.24, 2.45) is 5.92 Å². The lowest BCUT2D eigenvalue weighted by molar-refractivity contribution is 0.0648. The minimum atomic E-state index is -0.235. The van der Waals surface area contributed by atoms with Crippen LogP contribution in [0.15, 0.2) is 67.3 Å². The second kappa shape index (κ2) is 7.91. The van der Waals surface area contributed by atoms with Crippen molar-refractivity contribution < 1.29 is 14.4 Å². The summed E-state index contributed by atoms with van der Waals surface area (Å²) in [7, 11) is 0. The third kappa shape index (κ3) is 3.64. The van der Waals surface area contributed by atoms with Gasteiger partial charge in [-0.1, -0.05) is 48.5 Å². The van der Waals surface area contributed by atoms with Crippen molar-refractivity contribution in [2.75, 3.05) is 6.54 Å². The zero-order valence-electron chi connectivity index (χ0n) is 14.6. The summed E-state index contributed by atoms with van der Waals surface area (Å²) in [5.74, 6) is -0.364. The molecule has 0 saturated heterocycles. The second-order valence-electron chi connectivity index (χ2n) is 6.44. The highest BCUT2D eigenvalue weighted by molar-refractivity contribution is 6.21. The maximum Gasteiger partial charge on any atom is 0.261 e. The van der Waals surface area contributed by atoms with E-state index in [1.54, 1.807) is 42.5 Å². The molecule has 0 aromatic heterocycles. The normalized spacial score (nSPS) is 14.2. The highest BCUT2D eigenvalue weighted by atomic mass is 16.2. The van der Waals surface area contributed by atoms with Gasteiger partial charge in [0.25, 0.3) is 11.8 Å². The quantitative estimate of drug-likeness (QED) is 0.410. The van der Waals surface area contributed by atoms with E-state index in [9.17, 15) is 14.4 Å². The summed E-state index contributed by atoms with van der Waals surface area (Å²) < 4.78 is 0. The number of ketones is 1. The summed E-state index contributed by atoms with van der Waals surface area (Å²) in [4.78, 5) is 38.3. The van der Waals surface area contributed by atoms with Gasteiger partial charge in [-0.25, -0.2) is 0 Å². The predicted molar refractivity (Wildman–Crippen MR) is 100 cm³/mol. The fourth-order valence-corrected chi connectivity index (χ4v) is 3.24. The summed E-state index contributed by atoms with van der Waals surface area (Å²) >= 11 is 0. The van der Waals surface area contributed by atoms with E-state index in [4.69, 9.17) is 0 Å². The smallest absolute Gasteiger partial charge is 0.261 e. The molecule has 1 unspecified atom stereocenters. The van der Waals surface area contributed by atoms with Gasteiger partial charge in [-0.15, -0.1) is 6.58 Å². The molecule has 4 nitrogen and oxygen atoms in total. The molecular formula is C22H21NO3. The van der Waals surface area contributed by atoms with Crippen molar-refractivity contribution in [1.29, 1.82) is 0 Å². The average Bonchev–Trinajstić information content (AvgIpc) is 2.93. The van der Waals surface area contributed by atoms with Crippen LogP contribution in [-0.4, -0.2) is 29.0 Å². The SMILES string of the molecule is C=CC(CCCN1C(=O)c2ccccc2C1=O)CC(=O)c1ccccc1. The summed E-state index contributed by atoms with van der Waals surface area (Å²) in [6.07, 6.45) is 3.51. The van der Waals surface area contributed by atoms with Crippen LogP contribution in [0.4, 0.5) is 0 Å². The summed E-state index contributed by atoms with van der Waals surface area (Å²) in [6.45, 7) is 4.18. The average molecular weight is 347 g/mol. The van der Waals surface area contributed by atoms with Crippen molar-refractivity contribution >= 4 is 17.6 Å². The number of fused-ring (bicyclic) bond motifs is 1. The van der Waals surface area contributed by atoms with Crippen molar-refractivity contribution in [3.05, 3.63) is 83.9 Å². The van der Waals surface area contributed by atoms with Gasteiger partial charge in [-0.05, 0) is 30.9 Å². The van der Waals surface area contributed by atoms with Crippen molar-refractivity contribution in [2.45, 2.75) is 19.3 Å². The van der Waals surface area contributed by atoms with E-state index in [0.717, 1.165) is 0 Å². The molecule has 0 saturated carbocycles. The Labute approximate surface area is 153 Å². The van der Waals surface area contributed by atoms with Crippen LogP contribution in [0.5, 0.6) is 0 Å². The molecule has 132 valence electrons. The largest absolute Gasteiger partial charge is 0.294 e. The van der Waals surface area contributed by atoms with Gasteiger partial charge in [0.1, 0.15) is 0 Å². The molecule has 1 atom stereocenters. The lowest BCUT2D eigenvalue weighted by Gasteiger charge is -2.16. The number of allylic oxidation sites excluding steroid dienone is 1. The number of hydrogen-bond donors (Lipinski definition) is 0. The van der Waals surface area contributed by atoms with Crippen LogP contribution < -0.4 is 0 Å². The van der Waals surface area contributed by atoms with E-state index in [1.165, 1.54) is 4.90 Å². The zero-order chi connectivity index (χ0) is 18.5. The minimum Gasteiger partial charge on any atom is -0.294 e. The van der Waals surface area contributed by atoms with Gasteiger partial charge >= 0.3 is 0 Å². The Morgan fingerprint density at radius 2 is 1.54 bits per heavy atom. The molecule has 3 rings (SSSR count). The molecule has 0 N–H and O–H groups in total.